The Kier molecular flexibility index (Phi) is 2.01. The Hall–Kier alpha value is -0.630. The molecule has 0 aromatic heterocycles. The highest BCUT2D eigenvalue weighted by Crippen LogP contribution is 2.38. The molecule has 0 aromatic rings. The number of carbonyl (C=O) groups excluding carboxylic acids is 1. The van der Waals surface area contributed by atoms with Gasteiger partial charge in [0.15, 0.2) is 0 Å². The van der Waals surface area contributed by atoms with Crippen LogP contribution in [-0.2, 0) is 9.53 Å². The summed E-state index contributed by atoms with van der Waals surface area (Å²) in [4.78, 5) is 10.7. The molecule has 1 aliphatic heterocycles. The molecule has 2 rings (SSSR count). The molecule has 0 saturated carbocycles. The van der Waals surface area contributed by atoms with Gasteiger partial charge in [0.2, 0.25) is 0 Å². The van der Waals surface area contributed by atoms with E-state index < -0.39 is 0 Å². The molecule has 0 N–H and O–H groups in total. The molecular weight excluding hydrogens is 152 g/mol. The zero-order chi connectivity index (χ0) is 8.55. The molecule has 0 bridgehead atoms. The van der Waals surface area contributed by atoms with Crippen LogP contribution < -0.4 is 0 Å². The first-order valence-corrected chi connectivity index (χ1v) is 4.58. The van der Waals surface area contributed by atoms with Crippen LogP contribution in [0.5, 0.6) is 0 Å². The number of ether oxygens (including phenoxy) is 1. The van der Waals surface area contributed by atoms with E-state index in [9.17, 15) is 4.79 Å². The highest BCUT2D eigenvalue weighted by Gasteiger charge is 2.44. The second kappa shape index (κ2) is 3.02. The summed E-state index contributed by atoms with van der Waals surface area (Å²) in [5.41, 5.74) is 0. The van der Waals surface area contributed by atoms with E-state index in [1.54, 1.807) is 0 Å². The SMILES string of the molecule is CC1OC1[C@@H]1CC=CC[C@H]1C=O. The van der Waals surface area contributed by atoms with Crippen molar-refractivity contribution in [2.45, 2.75) is 32.0 Å². The third-order valence-electron chi connectivity index (χ3n) is 2.89. The van der Waals surface area contributed by atoms with Crippen molar-refractivity contribution in [1.82, 2.24) is 0 Å². The van der Waals surface area contributed by atoms with E-state index in [4.69, 9.17) is 4.74 Å². The summed E-state index contributed by atoms with van der Waals surface area (Å²) >= 11 is 0. The van der Waals surface area contributed by atoms with E-state index in [0.717, 1.165) is 19.1 Å². The van der Waals surface area contributed by atoms with Crippen LogP contribution in [-0.4, -0.2) is 18.5 Å². The second-order valence-corrected chi connectivity index (χ2v) is 3.71. The standard InChI is InChI=1S/C10H14O2/c1-7-10(12-7)9-5-3-2-4-8(9)6-11/h2-3,6-10H,4-5H2,1H3/t7?,8-,9+,10?/m0/s1. The lowest BCUT2D eigenvalue weighted by molar-refractivity contribution is -0.112. The van der Waals surface area contributed by atoms with Gasteiger partial charge in [-0.15, -0.1) is 0 Å². The quantitative estimate of drug-likeness (QED) is 0.354. The molecule has 1 fully saturated rings. The van der Waals surface area contributed by atoms with E-state index in [1.165, 1.54) is 0 Å². The van der Waals surface area contributed by atoms with Crippen LogP contribution in [0.4, 0.5) is 0 Å². The lowest BCUT2D eigenvalue weighted by Crippen LogP contribution is -2.23. The normalized spacial score (nSPS) is 45.8. The largest absolute Gasteiger partial charge is 0.370 e. The third kappa shape index (κ3) is 1.31. The molecular formula is C10H14O2. The summed E-state index contributed by atoms with van der Waals surface area (Å²) in [6.45, 7) is 2.07. The van der Waals surface area contributed by atoms with Crippen molar-refractivity contribution in [3.63, 3.8) is 0 Å². The van der Waals surface area contributed by atoms with Gasteiger partial charge in [0.1, 0.15) is 6.29 Å². The summed E-state index contributed by atoms with van der Waals surface area (Å²) in [6, 6.07) is 0. The van der Waals surface area contributed by atoms with Crippen molar-refractivity contribution >= 4 is 6.29 Å². The van der Waals surface area contributed by atoms with Crippen molar-refractivity contribution < 1.29 is 9.53 Å². The number of rotatable bonds is 2. The molecule has 2 nitrogen and oxygen atoms in total. The second-order valence-electron chi connectivity index (χ2n) is 3.71. The number of hydrogen-bond acceptors (Lipinski definition) is 2. The van der Waals surface area contributed by atoms with Crippen molar-refractivity contribution in [1.29, 1.82) is 0 Å². The van der Waals surface area contributed by atoms with E-state index in [-0.39, 0.29) is 5.92 Å². The van der Waals surface area contributed by atoms with Gasteiger partial charge in [-0.2, -0.15) is 0 Å². The molecule has 1 saturated heterocycles. The minimum absolute atomic E-state index is 0.199. The zero-order valence-corrected chi connectivity index (χ0v) is 7.27. The fourth-order valence-corrected chi connectivity index (χ4v) is 2.04. The topological polar surface area (TPSA) is 29.6 Å². The maximum absolute atomic E-state index is 10.7. The highest BCUT2D eigenvalue weighted by molar-refractivity contribution is 5.55. The number of carbonyl (C=O) groups is 1. The van der Waals surface area contributed by atoms with Gasteiger partial charge in [-0.25, -0.2) is 0 Å². The Balaban J connectivity index is 2.02. The number of hydrogen-bond donors (Lipinski definition) is 0. The Morgan fingerprint density at radius 1 is 1.42 bits per heavy atom. The summed E-state index contributed by atoms with van der Waals surface area (Å²) in [5.74, 6) is 0.646. The first-order valence-electron chi connectivity index (χ1n) is 4.58. The van der Waals surface area contributed by atoms with Crippen LogP contribution in [0.3, 0.4) is 0 Å². The molecule has 4 atom stereocenters. The Labute approximate surface area is 72.6 Å². The Morgan fingerprint density at radius 2 is 2.08 bits per heavy atom. The number of allylic oxidation sites excluding steroid dienone is 2. The van der Waals surface area contributed by atoms with Crippen LogP contribution in [0.2, 0.25) is 0 Å². The van der Waals surface area contributed by atoms with Gasteiger partial charge in [0.05, 0.1) is 12.2 Å². The first-order chi connectivity index (χ1) is 5.83. The van der Waals surface area contributed by atoms with Gasteiger partial charge in [-0.1, -0.05) is 12.2 Å². The van der Waals surface area contributed by atoms with E-state index in [0.29, 0.717) is 18.1 Å². The van der Waals surface area contributed by atoms with Gasteiger partial charge < -0.3 is 9.53 Å². The van der Waals surface area contributed by atoms with Crippen LogP contribution in [0.15, 0.2) is 12.2 Å². The first kappa shape index (κ1) is 7.99. The van der Waals surface area contributed by atoms with E-state index in [1.807, 2.05) is 0 Å². The fourth-order valence-electron chi connectivity index (χ4n) is 2.04. The summed E-state index contributed by atoms with van der Waals surface area (Å²) < 4.78 is 5.40. The van der Waals surface area contributed by atoms with Gasteiger partial charge >= 0.3 is 0 Å². The summed E-state index contributed by atoms with van der Waals surface area (Å²) in [7, 11) is 0. The zero-order valence-electron chi connectivity index (χ0n) is 7.27. The fraction of sp³-hybridized carbons (Fsp3) is 0.700. The molecule has 0 aromatic carbocycles. The Bertz CT molecular complexity index is 210. The van der Waals surface area contributed by atoms with Crippen molar-refractivity contribution in [2.24, 2.45) is 11.8 Å². The average molecular weight is 166 g/mol. The van der Waals surface area contributed by atoms with Crippen LogP contribution in [0.1, 0.15) is 19.8 Å². The summed E-state index contributed by atoms with van der Waals surface area (Å²) in [5, 5.41) is 0. The van der Waals surface area contributed by atoms with Crippen molar-refractivity contribution in [3.05, 3.63) is 12.2 Å². The molecule has 0 spiro atoms. The van der Waals surface area contributed by atoms with Gasteiger partial charge in [-0.05, 0) is 19.8 Å². The van der Waals surface area contributed by atoms with Crippen molar-refractivity contribution in [2.75, 3.05) is 0 Å². The molecule has 1 heterocycles. The molecule has 0 amide bonds. The smallest absolute Gasteiger partial charge is 0.123 e. The van der Waals surface area contributed by atoms with Crippen molar-refractivity contribution in [3.8, 4) is 0 Å². The lowest BCUT2D eigenvalue weighted by atomic mass is 9.81. The van der Waals surface area contributed by atoms with Crippen LogP contribution >= 0.6 is 0 Å². The summed E-state index contributed by atoms with van der Waals surface area (Å²) in [6.07, 6.45) is 8.00. The van der Waals surface area contributed by atoms with Gasteiger partial charge in [0.25, 0.3) is 0 Å². The third-order valence-corrected chi connectivity index (χ3v) is 2.89. The molecule has 2 unspecified atom stereocenters. The maximum atomic E-state index is 10.7. The van der Waals surface area contributed by atoms with E-state index in [2.05, 4.69) is 19.1 Å². The average Bonchev–Trinajstić information content (AvgIpc) is 2.83. The minimum Gasteiger partial charge on any atom is -0.370 e. The molecule has 1 aliphatic carbocycles. The number of epoxide rings is 1. The van der Waals surface area contributed by atoms with Crippen LogP contribution in [0, 0.1) is 11.8 Å². The molecule has 12 heavy (non-hydrogen) atoms. The molecule has 2 aliphatic rings. The predicted octanol–water partition coefficient (Wildman–Crippen LogP) is 1.55. The monoisotopic (exact) mass is 166 g/mol. The van der Waals surface area contributed by atoms with Gasteiger partial charge in [0, 0.05) is 11.8 Å². The molecule has 0 radical (unpaired) electrons. The molecule has 2 heteroatoms. The van der Waals surface area contributed by atoms with E-state index >= 15 is 0 Å². The maximum Gasteiger partial charge on any atom is 0.123 e. The highest BCUT2D eigenvalue weighted by atomic mass is 16.6. The number of aldehydes is 1. The Morgan fingerprint density at radius 3 is 2.67 bits per heavy atom. The molecule has 66 valence electrons. The van der Waals surface area contributed by atoms with Crippen LogP contribution in [0.25, 0.3) is 0 Å². The lowest BCUT2D eigenvalue weighted by Gasteiger charge is -2.22. The minimum atomic E-state index is 0.199. The van der Waals surface area contributed by atoms with Gasteiger partial charge in [-0.3, -0.25) is 0 Å². The predicted molar refractivity (Wildman–Crippen MR) is 45.8 cm³/mol.